The van der Waals surface area contributed by atoms with E-state index >= 15 is 0 Å². The van der Waals surface area contributed by atoms with Crippen LogP contribution in [0.25, 0.3) is 11.0 Å². The number of hydrogen-bond acceptors (Lipinski definition) is 3. The fourth-order valence-electron chi connectivity index (χ4n) is 3.35. The molecule has 2 aromatic carbocycles. The van der Waals surface area contributed by atoms with Crippen LogP contribution < -0.4 is 11.3 Å². The maximum atomic E-state index is 5.84. The second-order valence-corrected chi connectivity index (χ2v) is 5.75. The van der Waals surface area contributed by atoms with Gasteiger partial charge in [0.1, 0.15) is 5.58 Å². The number of rotatable bonds is 4. The molecule has 0 saturated heterocycles. The lowest BCUT2D eigenvalue weighted by Gasteiger charge is -2.15. The van der Waals surface area contributed by atoms with E-state index in [0.717, 1.165) is 16.5 Å². The molecule has 1 fully saturated rings. The Morgan fingerprint density at radius 3 is 2.62 bits per heavy atom. The summed E-state index contributed by atoms with van der Waals surface area (Å²) in [5.41, 5.74) is 6.48. The normalized spacial score (nSPS) is 22.3. The third kappa shape index (κ3) is 2.15. The highest BCUT2D eigenvalue weighted by Crippen LogP contribution is 2.54. The van der Waals surface area contributed by atoms with Crippen LogP contribution in [0.15, 0.2) is 65.3 Å². The molecule has 1 saturated carbocycles. The van der Waals surface area contributed by atoms with Gasteiger partial charge in [-0.2, -0.15) is 0 Å². The van der Waals surface area contributed by atoms with Gasteiger partial charge in [-0.05, 0) is 29.9 Å². The fraction of sp³-hybridized carbons (Fsp3) is 0.222. The van der Waals surface area contributed by atoms with Crippen LogP contribution in [0.5, 0.6) is 0 Å². The summed E-state index contributed by atoms with van der Waals surface area (Å²) in [6.07, 6.45) is 3.01. The number of hydrogen-bond donors (Lipinski definition) is 2. The first-order valence-corrected chi connectivity index (χ1v) is 7.35. The average molecular weight is 278 g/mol. The smallest absolute Gasteiger partial charge is 0.134 e. The van der Waals surface area contributed by atoms with E-state index < -0.39 is 0 Å². The van der Waals surface area contributed by atoms with Crippen LogP contribution in [-0.4, -0.2) is 0 Å². The third-order valence-electron chi connectivity index (χ3n) is 4.52. The van der Waals surface area contributed by atoms with Crippen LogP contribution in [0.2, 0.25) is 0 Å². The van der Waals surface area contributed by atoms with Crippen molar-refractivity contribution in [2.24, 2.45) is 11.8 Å². The van der Waals surface area contributed by atoms with Gasteiger partial charge in [0.05, 0.1) is 12.3 Å². The molecule has 0 amide bonds. The maximum Gasteiger partial charge on any atom is 0.134 e. The Hall–Kier alpha value is -2.10. The van der Waals surface area contributed by atoms with Crippen molar-refractivity contribution < 1.29 is 4.42 Å². The minimum absolute atomic E-state index is 0.138. The van der Waals surface area contributed by atoms with Gasteiger partial charge >= 0.3 is 0 Å². The van der Waals surface area contributed by atoms with Crippen molar-refractivity contribution in [3.8, 4) is 0 Å². The van der Waals surface area contributed by atoms with Gasteiger partial charge in [0, 0.05) is 10.9 Å². The summed E-state index contributed by atoms with van der Waals surface area (Å²) in [6.45, 7) is 0. The molecule has 3 unspecified atom stereocenters. The molecule has 1 aliphatic rings. The van der Waals surface area contributed by atoms with E-state index in [0.29, 0.717) is 11.8 Å². The minimum Gasteiger partial charge on any atom is -0.464 e. The predicted molar refractivity (Wildman–Crippen MR) is 83.6 cm³/mol. The van der Waals surface area contributed by atoms with Crippen molar-refractivity contribution in [2.75, 3.05) is 0 Å². The van der Waals surface area contributed by atoms with Crippen LogP contribution in [-0.2, 0) is 0 Å². The number of nitrogens with one attached hydrogen (secondary N) is 1. The lowest BCUT2D eigenvalue weighted by Crippen LogP contribution is -2.29. The molecule has 3 aromatic rings. The Balaban J connectivity index is 1.65. The Morgan fingerprint density at radius 2 is 1.81 bits per heavy atom. The second-order valence-electron chi connectivity index (χ2n) is 5.75. The molecule has 0 bridgehead atoms. The molecule has 1 aromatic heterocycles. The number of benzene rings is 2. The SMILES string of the molecule is NNC(c1coc2ccccc12)C1CC1c1ccccc1. The Bertz CT molecular complexity index is 750. The number of fused-ring (bicyclic) bond motifs is 1. The first kappa shape index (κ1) is 12.6. The standard InChI is InChI=1S/C18H18N2O/c19-20-18(15-10-14(15)12-6-2-1-3-7-12)16-11-21-17-9-5-4-8-13(16)17/h1-9,11,14-15,18,20H,10,19H2. The highest BCUT2D eigenvalue weighted by Gasteiger charge is 2.44. The predicted octanol–water partition coefficient (Wildman–Crippen LogP) is 3.74. The van der Waals surface area contributed by atoms with E-state index in [1.807, 2.05) is 24.5 Å². The Labute approximate surface area is 123 Å². The lowest BCUT2D eigenvalue weighted by atomic mass is 9.99. The van der Waals surface area contributed by atoms with Crippen molar-refractivity contribution in [1.82, 2.24) is 5.43 Å². The van der Waals surface area contributed by atoms with Crippen molar-refractivity contribution in [1.29, 1.82) is 0 Å². The summed E-state index contributed by atoms with van der Waals surface area (Å²) >= 11 is 0. The van der Waals surface area contributed by atoms with Gasteiger partial charge in [0.25, 0.3) is 0 Å². The van der Waals surface area contributed by atoms with Crippen LogP contribution in [0, 0.1) is 5.92 Å². The number of para-hydroxylation sites is 1. The largest absolute Gasteiger partial charge is 0.464 e. The van der Waals surface area contributed by atoms with Crippen molar-refractivity contribution >= 4 is 11.0 Å². The summed E-state index contributed by atoms with van der Waals surface area (Å²) in [7, 11) is 0. The summed E-state index contributed by atoms with van der Waals surface area (Å²) in [6, 6.07) is 18.9. The van der Waals surface area contributed by atoms with E-state index in [1.54, 1.807) is 0 Å². The zero-order chi connectivity index (χ0) is 14.2. The summed E-state index contributed by atoms with van der Waals surface area (Å²) in [5.74, 6) is 6.96. The minimum atomic E-state index is 0.138. The molecule has 21 heavy (non-hydrogen) atoms. The zero-order valence-corrected chi connectivity index (χ0v) is 11.7. The van der Waals surface area contributed by atoms with Crippen LogP contribution in [0.4, 0.5) is 0 Å². The quantitative estimate of drug-likeness (QED) is 0.564. The van der Waals surface area contributed by atoms with Crippen molar-refractivity contribution in [3.63, 3.8) is 0 Å². The van der Waals surface area contributed by atoms with Crippen LogP contribution in [0.3, 0.4) is 0 Å². The number of hydrazine groups is 1. The molecule has 3 nitrogen and oxygen atoms in total. The van der Waals surface area contributed by atoms with Gasteiger partial charge in [-0.25, -0.2) is 0 Å². The summed E-state index contributed by atoms with van der Waals surface area (Å²) < 4.78 is 5.66. The molecule has 0 radical (unpaired) electrons. The number of nitrogens with two attached hydrogens (primary N) is 1. The van der Waals surface area contributed by atoms with E-state index in [4.69, 9.17) is 10.3 Å². The topological polar surface area (TPSA) is 51.2 Å². The average Bonchev–Trinajstić information content (AvgIpc) is 3.22. The molecule has 0 aliphatic heterocycles. The lowest BCUT2D eigenvalue weighted by molar-refractivity contribution is 0.481. The van der Waals surface area contributed by atoms with Crippen LogP contribution >= 0.6 is 0 Å². The van der Waals surface area contributed by atoms with E-state index in [-0.39, 0.29) is 6.04 Å². The van der Waals surface area contributed by atoms with E-state index in [2.05, 4.69) is 41.8 Å². The molecule has 106 valence electrons. The monoisotopic (exact) mass is 278 g/mol. The molecular weight excluding hydrogens is 260 g/mol. The van der Waals surface area contributed by atoms with Crippen LogP contribution in [0.1, 0.15) is 29.5 Å². The highest BCUT2D eigenvalue weighted by atomic mass is 16.3. The van der Waals surface area contributed by atoms with Gasteiger partial charge in [-0.1, -0.05) is 48.5 Å². The summed E-state index contributed by atoms with van der Waals surface area (Å²) in [5, 5.41) is 1.15. The third-order valence-corrected chi connectivity index (χ3v) is 4.52. The maximum absolute atomic E-state index is 5.84. The molecule has 3 atom stereocenters. The van der Waals surface area contributed by atoms with Gasteiger partial charge in [-0.3, -0.25) is 11.3 Å². The first-order valence-electron chi connectivity index (χ1n) is 7.35. The van der Waals surface area contributed by atoms with E-state index in [9.17, 15) is 0 Å². The molecule has 3 N–H and O–H groups in total. The van der Waals surface area contributed by atoms with Crippen molar-refractivity contribution in [3.05, 3.63) is 72.0 Å². The Kier molecular flexibility index (Phi) is 3.02. The molecule has 3 heteroatoms. The molecule has 1 aliphatic carbocycles. The molecule has 0 spiro atoms. The Morgan fingerprint density at radius 1 is 1.05 bits per heavy atom. The van der Waals surface area contributed by atoms with Crippen molar-refractivity contribution in [2.45, 2.75) is 18.4 Å². The second kappa shape index (κ2) is 5.02. The highest BCUT2D eigenvalue weighted by molar-refractivity contribution is 5.81. The van der Waals surface area contributed by atoms with Gasteiger partial charge < -0.3 is 4.42 Å². The first-order chi connectivity index (χ1) is 10.4. The van der Waals surface area contributed by atoms with E-state index in [1.165, 1.54) is 12.0 Å². The van der Waals surface area contributed by atoms with Gasteiger partial charge in [0.15, 0.2) is 0 Å². The van der Waals surface area contributed by atoms with Gasteiger partial charge in [0.2, 0.25) is 0 Å². The molecule has 4 rings (SSSR count). The van der Waals surface area contributed by atoms with Gasteiger partial charge in [-0.15, -0.1) is 0 Å². The number of furan rings is 1. The zero-order valence-electron chi connectivity index (χ0n) is 11.7. The molecule has 1 heterocycles. The summed E-state index contributed by atoms with van der Waals surface area (Å²) in [4.78, 5) is 0. The fourth-order valence-corrected chi connectivity index (χ4v) is 3.35. The molecular formula is C18H18N2O.